The molecule has 0 spiro atoms. The average molecular weight is 272 g/mol. The number of rotatable bonds is 3. The maximum absolute atomic E-state index is 12.3. The number of carbonyl (C=O) groups excluding carboxylic acids is 2. The van der Waals surface area contributed by atoms with Crippen LogP contribution in [0.4, 0.5) is 0 Å². The van der Waals surface area contributed by atoms with E-state index in [9.17, 15) is 14.4 Å². The molecule has 2 saturated heterocycles. The zero-order chi connectivity index (χ0) is 13.1. The van der Waals surface area contributed by atoms with Gasteiger partial charge in [-0.2, -0.15) is 0 Å². The Morgan fingerprint density at radius 3 is 2.89 bits per heavy atom. The fraction of sp³-hybridized carbons (Fsp3) is 0.727. The molecule has 7 heteroatoms. The molecule has 2 rings (SSSR count). The third-order valence-corrected chi connectivity index (χ3v) is 4.55. The van der Waals surface area contributed by atoms with Crippen LogP contribution in [-0.4, -0.2) is 57.9 Å². The van der Waals surface area contributed by atoms with Gasteiger partial charge in [-0.15, -0.1) is 11.8 Å². The number of nitrogens with zero attached hydrogens (tertiary/aromatic N) is 1. The zero-order valence-corrected chi connectivity index (χ0v) is 10.7. The van der Waals surface area contributed by atoms with Crippen molar-refractivity contribution < 1.29 is 19.5 Å². The Labute approximate surface area is 109 Å². The number of nitrogens with one attached hydrogen (secondary N) is 1. The minimum atomic E-state index is -1.06. The van der Waals surface area contributed by atoms with Crippen LogP contribution >= 0.6 is 11.8 Å². The molecule has 2 unspecified atom stereocenters. The highest BCUT2D eigenvalue weighted by Crippen LogP contribution is 2.28. The van der Waals surface area contributed by atoms with E-state index in [-0.39, 0.29) is 23.5 Å². The average Bonchev–Trinajstić information content (AvgIpc) is 2.84. The Kier molecular flexibility index (Phi) is 4.11. The van der Waals surface area contributed by atoms with Crippen LogP contribution in [0, 0.1) is 0 Å². The van der Waals surface area contributed by atoms with E-state index in [0.717, 1.165) is 18.6 Å². The van der Waals surface area contributed by atoms with E-state index < -0.39 is 12.0 Å². The summed E-state index contributed by atoms with van der Waals surface area (Å²) in [4.78, 5) is 36.2. The maximum Gasteiger partial charge on any atom is 0.305 e. The number of carbonyl (C=O) groups is 3. The van der Waals surface area contributed by atoms with Gasteiger partial charge in [0.25, 0.3) is 0 Å². The van der Waals surface area contributed by atoms with E-state index in [0.29, 0.717) is 13.1 Å². The SMILES string of the molecule is O=C(O)CC1C(=O)NCCN1C(=O)C1CCCS1. The van der Waals surface area contributed by atoms with Crippen molar-refractivity contribution in [3.05, 3.63) is 0 Å². The van der Waals surface area contributed by atoms with Crippen molar-refractivity contribution in [2.75, 3.05) is 18.8 Å². The van der Waals surface area contributed by atoms with Gasteiger partial charge in [0.05, 0.1) is 11.7 Å². The number of thioether (sulfide) groups is 1. The van der Waals surface area contributed by atoms with Crippen molar-refractivity contribution in [3.63, 3.8) is 0 Å². The molecule has 0 radical (unpaired) electrons. The summed E-state index contributed by atoms with van der Waals surface area (Å²) in [6.45, 7) is 0.803. The number of amides is 2. The van der Waals surface area contributed by atoms with Gasteiger partial charge in [0.2, 0.25) is 11.8 Å². The molecule has 100 valence electrons. The van der Waals surface area contributed by atoms with Gasteiger partial charge in [-0.1, -0.05) is 0 Å². The lowest BCUT2D eigenvalue weighted by Gasteiger charge is -2.35. The van der Waals surface area contributed by atoms with Gasteiger partial charge in [-0.05, 0) is 18.6 Å². The van der Waals surface area contributed by atoms with Crippen LogP contribution in [0.5, 0.6) is 0 Å². The summed E-state index contributed by atoms with van der Waals surface area (Å²) in [5.41, 5.74) is 0. The normalized spacial score (nSPS) is 28.0. The summed E-state index contributed by atoms with van der Waals surface area (Å²) in [6, 6.07) is -0.857. The number of carboxylic acid groups (broad SMARTS) is 1. The fourth-order valence-corrected chi connectivity index (χ4v) is 3.53. The van der Waals surface area contributed by atoms with Crippen LogP contribution in [-0.2, 0) is 14.4 Å². The van der Waals surface area contributed by atoms with Crippen LogP contribution in [0.2, 0.25) is 0 Å². The lowest BCUT2D eigenvalue weighted by Crippen LogP contribution is -2.59. The summed E-state index contributed by atoms with van der Waals surface area (Å²) in [7, 11) is 0. The van der Waals surface area contributed by atoms with Crippen molar-refractivity contribution in [2.45, 2.75) is 30.6 Å². The van der Waals surface area contributed by atoms with E-state index in [1.807, 2.05) is 0 Å². The molecule has 2 amide bonds. The van der Waals surface area contributed by atoms with Crippen LogP contribution in [0.1, 0.15) is 19.3 Å². The molecule has 2 aliphatic heterocycles. The molecule has 2 aliphatic rings. The first kappa shape index (κ1) is 13.2. The Morgan fingerprint density at radius 2 is 2.28 bits per heavy atom. The number of hydrogen-bond acceptors (Lipinski definition) is 4. The van der Waals surface area contributed by atoms with E-state index in [1.54, 1.807) is 11.8 Å². The summed E-state index contributed by atoms with van der Waals surface area (Å²) < 4.78 is 0. The number of aliphatic carboxylic acids is 1. The van der Waals surface area contributed by atoms with Gasteiger partial charge < -0.3 is 15.3 Å². The maximum atomic E-state index is 12.3. The summed E-state index contributed by atoms with van der Waals surface area (Å²) in [6.07, 6.45) is 1.50. The topological polar surface area (TPSA) is 86.7 Å². The standard InChI is InChI=1S/C11H16N2O4S/c14-9(15)6-7-10(16)12-3-4-13(7)11(17)8-2-1-5-18-8/h7-8H,1-6H2,(H,12,16)(H,14,15). The molecule has 0 aromatic rings. The molecule has 6 nitrogen and oxygen atoms in total. The molecule has 2 atom stereocenters. The first-order valence-corrected chi connectivity index (χ1v) is 7.06. The molecule has 2 fully saturated rings. The highest BCUT2D eigenvalue weighted by atomic mass is 32.2. The monoisotopic (exact) mass is 272 g/mol. The molecule has 18 heavy (non-hydrogen) atoms. The van der Waals surface area contributed by atoms with Gasteiger partial charge in [0, 0.05) is 13.1 Å². The van der Waals surface area contributed by atoms with Crippen LogP contribution in [0.25, 0.3) is 0 Å². The number of piperazine rings is 1. The molecular formula is C11H16N2O4S. The second kappa shape index (κ2) is 5.60. The molecule has 0 aliphatic carbocycles. The second-order valence-electron chi connectivity index (χ2n) is 4.44. The minimum Gasteiger partial charge on any atom is -0.481 e. The van der Waals surface area contributed by atoms with Gasteiger partial charge in [-0.3, -0.25) is 14.4 Å². The third kappa shape index (κ3) is 2.77. The van der Waals surface area contributed by atoms with Crippen LogP contribution in [0.3, 0.4) is 0 Å². The quantitative estimate of drug-likeness (QED) is 0.735. The molecule has 0 saturated carbocycles. The third-order valence-electron chi connectivity index (χ3n) is 3.19. The first-order chi connectivity index (χ1) is 8.59. The highest BCUT2D eigenvalue weighted by Gasteiger charge is 2.38. The highest BCUT2D eigenvalue weighted by molar-refractivity contribution is 8.00. The summed E-state index contributed by atoms with van der Waals surface area (Å²) in [5, 5.41) is 11.3. The van der Waals surface area contributed by atoms with Gasteiger partial charge in [0.15, 0.2) is 0 Å². The molecule has 0 aromatic carbocycles. The summed E-state index contributed by atoms with van der Waals surface area (Å²) in [5.74, 6) is -0.549. The van der Waals surface area contributed by atoms with E-state index in [1.165, 1.54) is 4.90 Å². The van der Waals surface area contributed by atoms with Crippen molar-refractivity contribution in [1.29, 1.82) is 0 Å². The predicted molar refractivity (Wildman–Crippen MR) is 66.2 cm³/mol. The van der Waals surface area contributed by atoms with Gasteiger partial charge >= 0.3 is 5.97 Å². The Balaban J connectivity index is 2.09. The van der Waals surface area contributed by atoms with E-state index in [4.69, 9.17) is 5.11 Å². The first-order valence-electron chi connectivity index (χ1n) is 6.01. The smallest absolute Gasteiger partial charge is 0.305 e. The minimum absolute atomic E-state index is 0.0846. The van der Waals surface area contributed by atoms with Crippen molar-refractivity contribution in [1.82, 2.24) is 10.2 Å². The number of hydrogen-bond donors (Lipinski definition) is 2. The van der Waals surface area contributed by atoms with E-state index in [2.05, 4.69) is 5.32 Å². The van der Waals surface area contributed by atoms with Crippen molar-refractivity contribution in [3.8, 4) is 0 Å². The molecule has 2 heterocycles. The summed E-state index contributed by atoms with van der Waals surface area (Å²) >= 11 is 1.60. The zero-order valence-electron chi connectivity index (χ0n) is 9.92. The van der Waals surface area contributed by atoms with Gasteiger partial charge in [0.1, 0.15) is 6.04 Å². The predicted octanol–water partition coefficient (Wildman–Crippen LogP) is -0.316. The molecule has 0 bridgehead atoms. The molecular weight excluding hydrogens is 256 g/mol. The lowest BCUT2D eigenvalue weighted by molar-refractivity contribution is -0.148. The van der Waals surface area contributed by atoms with Gasteiger partial charge in [-0.25, -0.2) is 0 Å². The van der Waals surface area contributed by atoms with Crippen molar-refractivity contribution in [2.24, 2.45) is 0 Å². The Hall–Kier alpha value is -1.24. The largest absolute Gasteiger partial charge is 0.481 e. The van der Waals surface area contributed by atoms with Crippen LogP contribution in [0.15, 0.2) is 0 Å². The van der Waals surface area contributed by atoms with Crippen LogP contribution < -0.4 is 5.32 Å². The molecule has 0 aromatic heterocycles. The van der Waals surface area contributed by atoms with Crippen molar-refractivity contribution >= 4 is 29.5 Å². The Morgan fingerprint density at radius 1 is 1.50 bits per heavy atom. The fourth-order valence-electron chi connectivity index (χ4n) is 2.30. The van der Waals surface area contributed by atoms with E-state index >= 15 is 0 Å². The Bertz CT molecular complexity index is 368. The second-order valence-corrected chi connectivity index (χ2v) is 5.75. The number of carboxylic acids is 1. The molecule has 2 N–H and O–H groups in total. The lowest BCUT2D eigenvalue weighted by atomic mass is 10.1.